The van der Waals surface area contributed by atoms with Gasteiger partial charge in [-0.05, 0) is 54.3 Å². The summed E-state index contributed by atoms with van der Waals surface area (Å²) in [6.07, 6.45) is 3.26. The largest absolute Gasteiger partial charge is 0.493 e. The minimum Gasteiger partial charge on any atom is -0.493 e. The van der Waals surface area contributed by atoms with Gasteiger partial charge in [-0.2, -0.15) is 0 Å². The van der Waals surface area contributed by atoms with E-state index in [1.807, 2.05) is 60.7 Å². The van der Waals surface area contributed by atoms with E-state index in [1.54, 1.807) is 7.11 Å². The third-order valence-electron chi connectivity index (χ3n) is 7.43. The highest BCUT2D eigenvalue weighted by Gasteiger charge is 2.24. The summed E-state index contributed by atoms with van der Waals surface area (Å²) in [5, 5.41) is 12.2. The predicted molar refractivity (Wildman–Crippen MR) is 158 cm³/mol. The van der Waals surface area contributed by atoms with E-state index in [4.69, 9.17) is 9.47 Å². The van der Waals surface area contributed by atoms with E-state index in [-0.39, 0.29) is 24.1 Å². The average molecular weight is 565 g/mol. The van der Waals surface area contributed by atoms with Crippen LogP contribution in [0.1, 0.15) is 33.7 Å². The SMILES string of the molecule is COc1ccc2cc1OCCCN(C(=O)c1cnnn1-c1ccccc1)CC(=O)NCCc1c([nH]c3ccccc13)C2. The molecule has 10 heteroatoms. The van der Waals surface area contributed by atoms with Gasteiger partial charge in [-0.3, -0.25) is 9.59 Å². The first-order valence-electron chi connectivity index (χ1n) is 14.0. The Kier molecular flexibility index (Phi) is 7.85. The zero-order valence-electron chi connectivity index (χ0n) is 23.4. The molecule has 0 atom stereocenters. The Morgan fingerprint density at radius 2 is 1.88 bits per heavy atom. The van der Waals surface area contributed by atoms with Crippen LogP contribution in [-0.4, -0.2) is 70.0 Å². The number of carbonyl (C=O) groups excluding carboxylic acids is 2. The highest BCUT2D eigenvalue weighted by molar-refractivity contribution is 5.95. The number of rotatable bonds is 3. The second kappa shape index (κ2) is 12.2. The maximum Gasteiger partial charge on any atom is 0.274 e. The van der Waals surface area contributed by atoms with E-state index < -0.39 is 0 Å². The Bertz CT molecular complexity index is 1710. The number of amides is 2. The van der Waals surface area contributed by atoms with Crippen LogP contribution < -0.4 is 14.8 Å². The van der Waals surface area contributed by atoms with Crippen molar-refractivity contribution >= 4 is 22.7 Å². The molecule has 0 saturated heterocycles. The Labute approximate surface area is 243 Å². The number of H-pyrrole nitrogens is 1. The van der Waals surface area contributed by atoms with Gasteiger partial charge in [-0.25, -0.2) is 4.68 Å². The second-order valence-corrected chi connectivity index (χ2v) is 10.2. The molecule has 0 saturated carbocycles. The molecule has 5 aromatic rings. The number of hydrogen-bond donors (Lipinski definition) is 2. The van der Waals surface area contributed by atoms with Crippen molar-refractivity contribution in [2.75, 3.05) is 33.4 Å². The molecule has 0 spiro atoms. The number of aromatic amines is 1. The molecule has 3 heterocycles. The van der Waals surface area contributed by atoms with Gasteiger partial charge in [-0.1, -0.05) is 47.7 Å². The van der Waals surface area contributed by atoms with Gasteiger partial charge in [0.25, 0.3) is 5.91 Å². The number of nitrogens with one attached hydrogen (secondary N) is 2. The van der Waals surface area contributed by atoms with E-state index in [0.29, 0.717) is 56.1 Å². The summed E-state index contributed by atoms with van der Waals surface area (Å²) in [4.78, 5) is 32.0. The Hall–Kier alpha value is -5.12. The summed E-state index contributed by atoms with van der Waals surface area (Å²) in [6.45, 7) is 0.981. The van der Waals surface area contributed by atoms with E-state index in [2.05, 4.69) is 32.7 Å². The summed E-state index contributed by atoms with van der Waals surface area (Å²) >= 11 is 0. The highest BCUT2D eigenvalue weighted by atomic mass is 16.5. The van der Waals surface area contributed by atoms with Crippen molar-refractivity contribution in [2.45, 2.75) is 19.3 Å². The summed E-state index contributed by atoms with van der Waals surface area (Å²) in [6, 6.07) is 23.5. The van der Waals surface area contributed by atoms with Crippen LogP contribution in [0.3, 0.4) is 0 Å². The first kappa shape index (κ1) is 27.1. The summed E-state index contributed by atoms with van der Waals surface area (Å²) in [7, 11) is 1.62. The molecule has 0 aliphatic carbocycles. The van der Waals surface area contributed by atoms with Gasteiger partial charge < -0.3 is 24.7 Å². The number of carbonyl (C=O) groups is 2. The first-order chi connectivity index (χ1) is 20.6. The Balaban J connectivity index is 1.30. The van der Waals surface area contributed by atoms with Crippen molar-refractivity contribution < 1.29 is 19.1 Å². The summed E-state index contributed by atoms with van der Waals surface area (Å²) in [5.74, 6) is 0.714. The molecule has 3 aromatic carbocycles. The number of aromatic nitrogens is 4. The smallest absolute Gasteiger partial charge is 0.274 e. The molecule has 2 N–H and O–H groups in total. The van der Waals surface area contributed by atoms with Crippen LogP contribution in [0.15, 0.2) is 79.0 Å². The summed E-state index contributed by atoms with van der Waals surface area (Å²) in [5.41, 5.74) is 5.36. The molecule has 2 bridgehead atoms. The maximum atomic E-state index is 13.7. The first-order valence-corrected chi connectivity index (χ1v) is 14.0. The number of hydrogen-bond acceptors (Lipinski definition) is 6. The van der Waals surface area contributed by atoms with Gasteiger partial charge in [0.2, 0.25) is 5.91 Å². The van der Waals surface area contributed by atoms with Crippen molar-refractivity contribution in [3.05, 3.63) is 102 Å². The van der Waals surface area contributed by atoms with Crippen molar-refractivity contribution in [1.82, 2.24) is 30.2 Å². The minimum atomic E-state index is -0.335. The lowest BCUT2D eigenvalue weighted by Crippen LogP contribution is -2.42. The Morgan fingerprint density at radius 3 is 2.74 bits per heavy atom. The van der Waals surface area contributed by atoms with Crippen LogP contribution >= 0.6 is 0 Å². The molecule has 1 aliphatic heterocycles. The molecule has 2 aromatic heterocycles. The third kappa shape index (κ3) is 5.69. The molecule has 10 nitrogen and oxygen atoms in total. The molecule has 6 rings (SSSR count). The van der Waals surface area contributed by atoms with Crippen molar-refractivity contribution in [3.63, 3.8) is 0 Å². The monoisotopic (exact) mass is 564 g/mol. The van der Waals surface area contributed by atoms with Gasteiger partial charge in [0.15, 0.2) is 17.2 Å². The second-order valence-electron chi connectivity index (χ2n) is 10.2. The number of ether oxygens (including phenoxy) is 2. The number of benzene rings is 3. The zero-order valence-corrected chi connectivity index (χ0v) is 23.4. The van der Waals surface area contributed by atoms with Gasteiger partial charge in [0, 0.05) is 36.1 Å². The fraction of sp³-hybridized carbons (Fsp3) is 0.250. The Morgan fingerprint density at radius 1 is 1.05 bits per heavy atom. The molecular weight excluding hydrogens is 532 g/mol. The fourth-order valence-electron chi connectivity index (χ4n) is 5.39. The van der Waals surface area contributed by atoms with Crippen LogP contribution in [0.4, 0.5) is 0 Å². The van der Waals surface area contributed by atoms with E-state index in [1.165, 1.54) is 15.8 Å². The van der Waals surface area contributed by atoms with Gasteiger partial charge in [-0.15, -0.1) is 5.10 Å². The number of nitrogens with zero attached hydrogens (tertiary/aromatic N) is 4. The maximum absolute atomic E-state index is 13.7. The van der Waals surface area contributed by atoms with E-state index >= 15 is 0 Å². The molecule has 0 unspecified atom stereocenters. The normalized spacial score (nSPS) is 14.6. The quantitative estimate of drug-likeness (QED) is 0.343. The van der Waals surface area contributed by atoms with Gasteiger partial charge in [0.1, 0.15) is 0 Å². The average Bonchev–Trinajstić information content (AvgIpc) is 3.64. The number of para-hydroxylation sites is 2. The van der Waals surface area contributed by atoms with E-state index in [9.17, 15) is 9.59 Å². The minimum absolute atomic E-state index is 0.0989. The van der Waals surface area contributed by atoms with E-state index in [0.717, 1.165) is 27.7 Å². The van der Waals surface area contributed by atoms with Crippen molar-refractivity contribution in [3.8, 4) is 17.2 Å². The topological polar surface area (TPSA) is 114 Å². The third-order valence-corrected chi connectivity index (χ3v) is 7.43. The fourth-order valence-corrected chi connectivity index (χ4v) is 5.39. The van der Waals surface area contributed by atoms with Crippen molar-refractivity contribution in [1.29, 1.82) is 0 Å². The number of methoxy groups -OCH3 is 1. The van der Waals surface area contributed by atoms with Crippen LogP contribution in [0, 0.1) is 0 Å². The van der Waals surface area contributed by atoms with Crippen molar-refractivity contribution in [2.24, 2.45) is 0 Å². The molecule has 0 radical (unpaired) electrons. The molecule has 214 valence electrons. The lowest BCUT2D eigenvalue weighted by atomic mass is 10.0. The van der Waals surface area contributed by atoms with Crippen LogP contribution in [-0.2, 0) is 17.6 Å². The van der Waals surface area contributed by atoms with Crippen LogP contribution in [0.2, 0.25) is 0 Å². The molecular formula is C32H32N6O4. The summed E-state index contributed by atoms with van der Waals surface area (Å²) < 4.78 is 13.2. The van der Waals surface area contributed by atoms with Crippen LogP contribution in [0.25, 0.3) is 16.6 Å². The molecule has 0 fully saturated rings. The van der Waals surface area contributed by atoms with Gasteiger partial charge >= 0.3 is 0 Å². The standard InChI is InChI=1S/C32H32N6O4/c1-41-29-13-12-22-18-27-25(24-10-5-6-11-26(24)35-27)14-15-33-31(39)21-37(16-7-17-42-30(29)19-22)32(40)28-20-34-36-38(28)23-8-3-2-4-9-23/h2-6,8-13,19-20,35H,7,14-18,21H2,1H3,(H,33,39). The lowest BCUT2D eigenvalue weighted by Gasteiger charge is -2.23. The van der Waals surface area contributed by atoms with Gasteiger partial charge in [0.05, 0.1) is 32.1 Å². The predicted octanol–water partition coefficient (Wildman–Crippen LogP) is 3.93. The lowest BCUT2D eigenvalue weighted by molar-refractivity contribution is -0.121. The van der Waals surface area contributed by atoms with Crippen LogP contribution in [0.5, 0.6) is 11.5 Å². The number of fused-ring (bicyclic) bond motifs is 5. The molecule has 1 aliphatic rings. The molecule has 2 amide bonds. The zero-order chi connectivity index (χ0) is 28.9. The highest BCUT2D eigenvalue weighted by Crippen LogP contribution is 2.31. The molecule has 42 heavy (non-hydrogen) atoms.